The Morgan fingerprint density at radius 1 is 0.972 bits per heavy atom. The highest BCUT2D eigenvalue weighted by Crippen LogP contribution is 2.40. The molecule has 36 heavy (non-hydrogen) atoms. The van der Waals surface area contributed by atoms with Crippen molar-refractivity contribution in [2.24, 2.45) is 0 Å². The van der Waals surface area contributed by atoms with Crippen molar-refractivity contribution in [3.8, 4) is 11.5 Å². The Kier molecular flexibility index (Phi) is 9.77. The first kappa shape index (κ1) is 28.0. The van der Waals surface area contributed by atoms with E-state index in [0.29, 0.717) is 12.6 Å². The van der Waals surface area contributed by atoms with E-state index in [4.69, 9.17) is 9.47 Å². The van der Waals surface area contributed by atoms with Gasteiger partial charge in [-0.05, 0) is 61.7 Å². The monoisotopic (exact) mass is 529 g/mol. The average Bonchev–Trinajstić information content (AvgIpc) is 3.25. The highest BCUT2D eigenvalue weighted by molar-refractivity contribution is 5.85. The van der Waals surface area contributed by atoms with E-state index in [9.17, 15) is 0 Å². The van der Waals surface area contributed by atoms with Gasteiger partial charge in [0.1, 0.15) is 18.1 Å². The Bertz CT molecular complexity index is 1090. The van der Waals surface area contributed by atoms with Crippen molar-refractivity contribution >= 4 is 41.9 Å². The molecule has 0 unspecified atom stereocenters. The molecular formula is C29H37Cl2N3O2. The molecule has 194 valence electrons. The summed E-state index contributed by atoms with van der Waals surface area (Å²) in [6.07, 6.45) is 3.52. The lowest BCUT2D eigenvalue weighted by atomic mass is 10.1. The zero-order valence-electron chi connectivity index (χ0n) is 21.4. The Hall–Kier alpha value is -2.60. The summed E-state index contributed by atoms with van der Waals surface area (Å²) >= 11 is 0. The first-order chi connectivity index (χ1) is 16.6. The van der Waals surface area contributed by atoms with Gasteiger partial charge in [-0.1, -0.05) is 36.4 Å². The van der Waals surface area contributed by atoms with Crippen molar-refractivity contribution in [1.82, 2.24) is 4.90 Å². The quantitative estimate of drug-likeness (QED) is 0.356. The first-order valence-electron chi connectivity index (χ1n) is 12.3. The van der Waals surface area contributed by atoms with Crippen LogP contribution in [0, 0.1) is 0 Å². The van der Waals surface area contributed by atoms with Crippen molar-refractivity contribution in [3.05, 3.63) is 77.9 Å². The molecule has 1 fully saturated rings. The molecule has 1 saturated heterocycles. The summed E-state index contributed by atoms with van der Waals surface area (Å²) in [5.74, 6) is 1.89. The summed E-state index contributed by atoms with van der Waals surface area (Å²) in [5.41, 5.74) is 6.18. The van der Waals surface area contributed by atoms with E-state index in [1.54, 1.807) is 7.11 Å². The summed E-state index contributed by atoms with van der Waals surface area (Å²) in [4.78, 5) is 7.28. The largest absolute Gasteiger partial charge is 0.495 e. The topological polar surface area (TPSA) is 28.2 Å². The maximum atomic E-state index is 6.18. The van der Waals surface area contributed by atoms with Crippen LogP contribution in [-0.4, -0.2) is 51.8 Å². The number of hydrogen-bond acceptors (Lipinski definition) is 5. The van der Waals surface area contributed by atoms with Gasteiger partial charge >= 0.3 is 0 Å². The van der Waals surface area contributed by atoms with E-state index in [1.807, 2.05) is 0 Å². The van der Waals surface area contributed by atoms with Crippen LogP contribution in [0.5, 0.6) is 11.5 Å². The average molecular weight is 531 g/mol. The number of para-hydroxylation sites is 3. The number of rotatable bonds is 7. The second-order valence-corrected chi connectivity index (χ2v) is 9.48. The minimum absolute atomic E-state index is 0. The summed E-state index contributed by atoms with van der Waals surface area (Å²) in [6, 6.07) is 24.2. The maximum absolute atomic E-state index is 6.18. The smallest absolute Gasteiger partial charge is 0.143 e. The van der Waals surface area contributed by atoms with Gasteiger partial charge in [-0.15, -0.1) is 24.8 Å². The maximum Gasteiger partial charge on any atom is 0.143 e. The van der Waals surface area contributed by atoms with Crippen molar-refractivity contribution in [1.29, 1.82) is 0 Å². The number of benzene rings is 3. The molecule has 0 N–H and O–H groups in total. The fourth-order valence-electron chi connectivity index (χ4n) is 5.30. The van der Waals surface area contributed by atoms with Crippen LogP contribution in [0.1, 0.15) is 24.0 Å². The zero-order chi connectivity index (χ0) is 23.5. The molecule has 0 aromatic heterocycles. The van der Waals surface area contributed by atoms with Gasteiger partial charge in [-0.25, -0.2) is 0 Å². The number of likely N-dealkylation sites (tertiary alicyclic amines) is 1. The highest BCUT2D eigenvalue weighted by atomic mass is 35.5. The summed E-state index contributed by atoms with van der Waals surface area (Å²) in [7, 11) is 5.87. The second-order valence-electron chi connectivity index (χ2n) is 9.48. The molecule has 1 atom stereocenters. The highest BCUT2D eigenvalue weighted by Gasteiger charge is 2.29. The second kappa shape index (κ2) is 12.6. The van der Waals surface area contributed by atoms with Gasteiger partial charge in [0.2, 0.25) is 0 Å². The fourth-order valence-corrected chi connectivity index (χ4v) is 5.30. The molecule has 0 spiro atoms. The van der Waals surface area contributed by atoms with Crippen LogP contribution in [-0.2, 0) is 13.0 Å². The standard InChI is InChI=1S/C29H35N3O2.2ClH/c1-30(2)27-19-22(14-15-28(27)33-3)16-18-31-17-8-10-24(31)20-32-25-11-5-4-9-23(25)21-34-29-13-7-6-12-26(29)32;;/h4-7,9,11-15,19,24H,8,10,16-18,20-21H2,1-3H3;2*1H/t24-;;/m1../s1. The molecule has 2 aliphatic rings. The van der Waals surface area contributed by atoms with Gasteiger partial charge in [-0.3, -0.25) is 4.90 Å². The van der Waals surface area contributed by atoms with E-state index in [2.05, 4.69) is 95.5 Å². The number of nitrogens with zero attached hydrogens (tertiary/aromatic N) is 3. The Morgan fingerprint density at radius 3 is 2.50 bits per heavy atom. The number of halogens is 2. The van der Waals surface area contributed by atoms with E-state index in [1.165, 1.54) is 35.3 Å². The number of anilines is 3. The van der Waals surface area contributed by atoms with E-state index < -0.39 is 0 Å². The van der Waals surface area contributed by atoms with Gasteiger partial charge in [0.05, 0.1) is 18.5 Å². The molecule has 5 rings (SSSR count). The number of methoxy groups -OCH3 is 1. The molecule has 5 nitrogen and oxygen atoms in total. The lowest BCUT2D eigenvalue weighted by molar-refractivity contribution is 0.261. The fraction of sp³-hybridized carbons (Fsp3) is 0.379. The van der Waals surface area contributed by atoms with Crippen molar-refractivity contribution in [2.75, 3.05) is 50.6 Å². The van der Waals surface area contributed by atoms with Crippen LogP contribution in [0.4, 0.5) is 17.1 Å². The summed E-state index contributed by atoms with van der Waals surface area (Å²) in [6.45, 7) is 3.82. The Morgan fingerprint density at radius 2 is 1.72 bits per heavy atom. The van der Waals surface area contributed by atoms with Gasteiger partial charge in [0.25, 0.3) is 0 Å². The predicted octanol–water partition coefficient (Wildman–Crippen LogP) is 6.34. The Balaban J connectivity index is 0.00000180. The molecule has 0 aliphatic carbocycles. The minimum Gasteiger partial charge on any atom is -0.495 e. The molecule has 7 heteroatoms. The molecule has 2 heterocycles. The summed E-state index contributed by atoms with van der Waals surface area (Å²) in [5, 5.41) is 0. The lowest BCUT2D eigenvalue weighted by Gasteiger charge is -2.33. The first-order valence-corrected chi connectivity index (χ1v) is 12.3. The molecule has 0 saturated carbocycles. The van der Waals surface area contributed by atoms with Crippen molar-refractivity contribution in [3.63, 3.8) is 0 Å². The van der Waals surface area contributed by atoms with Gasteiger partial charge in [-0.2, -0.15) is 0 Å². The molecule has 0 radical (unpaired) electrons. The third-order valence-electron chi connectivity index (χ3n) is 7.13. The normalized spacial score (nSPS) is 16.5. The predicted molar refractivity (Wildman–Crippen MR) is 154 cm³/mol. The van der Waals surface area contributed by atoms with Crippen LogP contribution in [0.25, 0.3) is 0 Å². The van der Waals surface area contributed by atoms with Crippen LogP contribution in [0.3, 0.4) is 0 Å². The van der Waals surface area contributed by atoms with Crippen molar-refractivity contribution < 1.29 is 9.47 Å². The summed E-state index contributed by atoms with van der Waals surface area (Å²) < 4.78 is 11.7. The molecular weight excluding hydrogens is 493 g/mol. The SMILES string of the molecule is COc1ccc(CCN2CCC[C@@H]2CN2c3ccccc3COc3ccccc32)cc1N(C)C.Cl.Cl. The van der Waals surface area contributed by atoms with Gasteiger partial charge in [0.15, 0.2) is 0 Å². The van der Waals surface area contributed by atoms with Crippen LogP contribution in [0.15, 0.2) is 66.7 Å². The van der Waals surface area contributed by atoms with Gasteiger partial charge in [0, 0.05) is 44.5 Å². The number of ether oxygens (including phenoxy) is 2. The molecule has 3 aromatic rings. The molecule has 2 aliphatic heterocycles. The molecule has 0 amide bonds. The molecule has 0 bridgehead atoms. The van der Waals surface area contributed by atoms with E-state index >= 15 is 0 Å². The van der Waals surface area contributed by atoms with Crippen LogP contribution < -0.4 is 19.3 Å². The van der Waals surface area contributed by atoms with Gasteiger partial charge < -0.3 is 19.3 Å². The number of hydrogen-bond donors (Lipinski definition) is 0. The van der Waals surface area contributed by atoms with E-state index in [0.717, 1.165) is 43.2 Å². The third-order valence-corrected chi connectivity index (χ3v) is 7.13. The minimum atomic E-state index is 0. The zero-order valence-corrected chi connectivity index (χ0v) is 23.0. The third kappa shape index (κ3) is 5.86. The van der Waals surface area contributed by atoms with Crippen LogP contribution in [0.2, 0.25) is 0 Å². The molecule has 3 aromatic carbocycles. The Labute approximate surface area is 227 Å². The lowest BCUT2D eigenvalue weighted by Crippen LogP contribution is -2.39. The van der Waals surface area contributed by atoms with E-state index in [-0.39, 0.29) is 24.8 Å². The number of fused-ring (bicyclic) bond motifs is 2. The van der Waals surface area contributed by atoms with Crippen LogP contribution >= 0.6 is 24.8 Å². The van der Waals surface area contributed by atoms with Crippen molar-refractivity contribution in [2.45, 2.75) is 31.9 Å².